The maximum absolute atomic E-state index is 10.3. The van der Waals surface area contributed by atoms with Crippen molar-refractivity contribution in [1.29, 1.82) is 0 Å². The maximum Gasteiger partial charge on any atom is 0.219 e. The van der Waals surface area contributed by atoms with Crippen molar-refractivity contribution in [2.45, 2.75) is 32.1 Å². The number of ether oxygens (including phenoxy) is 2. The van der Waals surface area contributed by atoms with Crippen LogP contribution in [0.2, 0.25) is 25.7 Å². The van der Waals surface area contributed by atoms with Crippen LogP contribution in [0.5, 0.6) is 17.4 Å². The number of aliphatic hydroxyl groups excluding tert-OH is 1. The van der Waals surface area contributed by atoms with Crippen molar-refractivity contribution < 1.29 is 19.7 Å². The van der Waals surface area contributed by atoms with Crippen LogP contribution in [-0.4, -0.2) is 48.9 Å². The Morgan fingerprint density at radius 1 is 1.27 bits per heavy atom. The highest BCUT2D eigenvalue weighted by Gasteiger charge is 2.12. The molecule has 1 heterocycles. The van der Waals surface area contributed by atoms with Gasteiger partial charge >= 0.3 is 0 Å². The lowest BCUT2D eigenvalue weighted by Crippen LogP contribution is -2.21. The summed E-state index contributed by atoms with van der Waals surface area (Å²) in [6.07, 6.45) is 6.97. The molecule has 2 rings (SSSR count). The van der Waals surface area contributed by atoms with E-state index in [1.807, 2.05) is 6.07 Å². The number of phenolic OH excluding ortho intramolecular Hbond substituents is 1. The number of aliphatic hydroxyl groups is 1. The first-order valence-corrected chi connectivity index (χ1v) is 14.7. The predicted molar refractivity (Wildman–Crippen MR) is 136 cm³/mol. The van der Waals surface area contributed by atoms with Crippen molar-refractivity contribution in [3.8, 4) is 17.4 Å². The molecule has 8 heteroatoms. The van der Waals surface area contributed by atoms with Gasteiger partial charge in [0.15, 0.2) is 0 Å². The number of pyridine rings is 1. The molecule has 0 amide bonds. The lowest BCUT2D eigenvalue weighted by atomic mass is 9.99. The quantitative estimate of drug-likeness (QED) is 0.173. The number of nitrogens with zero attached hydrogens (tertiary/aromatic N) is 2. The lowest BCUT2D eigenvalue weighted by molar-refractivity contribution is 0.155. The van der Waals surface area contributed by atoms with Crippen molar-refractivity contribution in [2.24, 2.45) is 16.6 Å². The molecule has 1 atom stereocenters. The molecule has 178 valence electrons. The van der Waals surface area contributed by atoms with E-state index in [9.17, 15) is 10.2 Å². The van der Waals surface area contributed by atoms with Crippen molar-refractivity contribution in [2.75, 3.05) is 19.9 Å². The summed E-state index contributed by atoms with van der Waals surface area (Å²) in [6.45, 7) is 11.6. The Balaban J connectivity index is 2.02. The second-order valence-corrected chi connectivity index (χ2v) is 14.5. The average Bonchev–Trinajstić information content (AvgIpc) is 2.77. The molecule has 0 radical (unpaired) electrons. The summed E-state index contributed by atoms with van der Waals surface area (Å²) < 4.78 is 11.4. The number of aliphatic imine (C=N–C) groups is 1. The molecule has 1 unspecified atom stereocenters. The van der Waals surface area contributed by atoms with E-state index < -0.39 is 8.07 Å². The number of hydrogen-bond donors (Lipinski definition) is 3. The summed E-state index contributed by atoms with van der Waals surface area (Å²) in [6, 6.07) is 9.71. The standard InChI is InChI=1S/C25H35N3O4Si/c1-5-19(17-29)14-20-6-8-22(15-24(20)30)32-25-9-7-21(16-27-25)23(10-11-26)28-18-31-12-13-33(2,3)4/h5-11,15-16,19,29-30H,1,12-14,17-18,26H2,2-4H3. The molecule has 0 aliphatic rings. The monoisotopic (exact) mass is 469 g/mol. The summed E-state index contributed by atoms with van der Waals surface area (Å²) in [5.74, 6) is 0.831. The van der Waals surface area contributed by atoms with Gasteiger partial charge in [0.2, 0.25) is 5.88 Å². The Morgan fingerprint density at radius 2 is 2.06 bits per heavy atom. The number of phenols is 1. The van der Waals surface area contributed by atoms with E-state index in [-0.39, 0.29) is 25.0 Å². The molecule has 1 aromatic carbocycles. The summed E-state index contributed by atoms with van der Waals surface area (Å²) >= 11 is 0. The molecular formula is C25H35N3O4Si. The highest BCUT2D eigenvalue weighted by Crippen LogP contribution is 2.28. The lowest BCUT2D eigenvalue weighted by Gasteiger charge is -2.14. The largest absolute Gasteiger partial charge is 0.508 e. The molecule has 0 fully saturated rings. The Hall–Kier alpha value is -2.94. The van der Waals surface area contributed by atoms with Gasteiger partial charge in [0.1, 0.15) is 18.2 Å². The van der Waals surface area contributed by atoms with E-state index >= 15 is 0 Å². The number of nitrogens with two attached hydrogens (primary N) is 1. The first kappa shape index (κ1) is 26.3. The predicted octanol–water partition coefficient (Wildman–Crippen LogP) is 4.49. The van der Waals surface area contributed by atoms with Crippen molar-refractivity contribution in [1.82, 2.24) is 4.98 Å². The third kappa shape index (κ3) is 9.21. The summed E-state index contributed by atoms with van der Waals surface area (Å²) in [5, 5.41) is 19.6. The molecule has 7 nitrogen and oxygen atoms in total. The maximum atomic E-state index is 10.3. The van der Waals surface area contributed by atoms with E-state index in [4.69, 9.17) is 15.2 Å². The molecule has 0 aliphatic heterocycles. The van der Waals surface area contributed by atoms with Gasteiger partial charge in [-0.25, -0.2) is 4.98 Å². The zero-order valence-electron chi connectivity index (χ0n) is 19.7. The molecule has 0 bridgehead atoms. The van der Waals surface area contributed by atoms with Gasteiger partial charge in [-0.15, -0.1) is 6.58 Å². The normalized spacial score (nSPS) is 13.3. The number of allylic oxidation sites excluding steroid dienone is 1. The summed E-state index contributed by atoms with van der Waals surface area (Å²) in [4.78, 5) is 8.82. The van der Waals surface area contributed by atoms with Crippen molar-refractivity contribution in [3.05, 3.63) is 72.6 Å². The third-order valence-electron chi connectivity index (χ3n) is 4.94. The Labute approximate surface area is 197 Å². The van der Waals surface area contributed by atoms with Crippen LogP contribution in [0, 0.1) is 5.92 Å². The van der Waals surface area contributed by atoms with E-state index in [1.165, 1.54) is 12.3 Å². The minimum absolute atomic E-state index is 0.0211. The Bertz CT molecular complexity index is 953. The molecule has 0 aliphatic carbocycles. The van der Waals surface area contributed by atoms with Gasteiger partial charge in [0, 0.05) is 51.1 Å². The van der Waals surface area contributed by atoms with Crippen LogP contribution in [0.4, 0.5) is 0 Å². The fourth-order valence-corrected chi connectivity index (χ4v) is 3.64. The molecule has 4 N–H and O–H groups in total. The van der Waals surface area contributed by atoms with Crippen LogP contribution in [0.3, 0.4) is 0 Å². The smallest absolute Gasteiger partial charge is 0.219 e. The first-order chi connectivity index (χ1) is 15.8. The average molecular weight is 470 g/mol. The summed E-state index contributed by atoms with van der Waals surface area (Å²) in [5.41, 5.74) is 7.75. The van der Waals surface area contributed by atoms with E-state index in [2.05, 4.69) is 36.2 Å². The van der Waals surface area contributed by atoms with Crippen LogP contribution in [0.1, 0.15) is 11.1 Å². The Morgan fingerprint density at radius 3 is 2.64 bits per heavy atom. The number of hydrogen-bond acceptors (Lipinski definition) is 7. The van der Waals surface area contributed by atoms with Crippen LogP contribution in [0.15, 0.2) is 66.5 Å². The minimum atomic E-state index is -1.13. The van der Waals surface area contributed by atoms with Gasteiger partial charge in [-0.1, -0.05) is 31.8 Å². The van der Waals surface area contributed by atoms with Crippen LogP contribution in [0.25, 0.3) is 0 Å². The summed E-state index contributed by atoms with van der Waals surface area (Å²) in [7, 11) is -1.13. The van der Waals surface area contributed by atoms with E-state index in [0.29, 0.717) is 35.9 Å². The second-order valence-electron chi connectivity index (χ2n) is 8.91. The van der Waals surface area contributed by atoms with Crippen LogP contribution < -0.4 is 10.5 Å². The topological polar surface area (TPSA) is 110 Å². The first-order valence-electron chi connectivity index (χ1n) is 11.0. The van der Waals surface area contributed by atoms with Gasteiger partial charge in [0.25, 0.3) is 0 Å². The molecule has 0 saturated heterocycles. The molecule has 0 spiro atoms. The zero-order valence-corrected chi connectivity index (χ0v) is 20.7. The minimum Gasteiger partial charge on any atom is -0.508 e. The van der Waals surface area contributed by atoms with E-state index in [1.54, 1.807) is 36.5 Å². The Kier molecular flexibility index (Phi) is 10.3. The zero-order chi connectivity index (χ0) is 24.3. The molecule has 2 aromatic rings. The van der Waals surface area contributed by atoms with Crippen molar-refractivity contribution >= 4 is 13.8 Å². The third-order valence-corrected chi connectivity index (χ3v) is 6.64. The van der Waals surface area contributed by atoms with Crippen LogP contribution in [-0.2, 0) is 11.2 Å². The fraction of sp³-hybridized carbons (Fsp3) is 0.360. The SMILES string of the molecule is C=CC(CO)Cc1ccc(Oc2ccc(C(C=CN)=NCOCC[Si](C)(C)C)cn2)cc1O. The second kappa shape index (κ2) is 12.9. The molecule has 33 heavy (non-hydrogen) atoms. The number of aromatic hydroxyl groups is 1. The number of benzene rings is 1. The van der Waals surface area contributed by atoms with Crippen molar-refractivity contribution in [3.63, 3.8) is 0 Å². The molecular weight excluding hydrogens is 434 g/mol. The van der Waals surface area contributed by atoms with E-state index in [0.717, 1.165) is 11.6 Å². The molecule has 1 aromatic heterocycles. The van der Waals surface area contributed by atoms with Gasteiger partial charge in [-0.2, -0.15) is 0 Å². The van der Waals surface area contributed by atoms with Gasteiger partial charge < -0.3 is 25.4 Å². The van der Waals surface area contributed by atoms with Gasteiger partial charge in [0.05, 0.1) is 5.71 Å². The highest BCUT2D eigenvalue weighted by molar-refractivity contribution is 6.76. The highest BCUT2D eigenvalue weighted by atomic mass is 28.3. The van der Waals surface area contributed by atoms with Gasteiger partial charge in [-0.05, 0) is 42.4 Å². The number of aromatic nitrogens is 1. The van der Waals surface area contributed by atoms with Crippen LogP contribution >= 0.6 is 0 Å². The molecule has 0 saturated carbocycles. The van der Waals surface area contributed by atoms with Gasteiger partial charge in [-0.3, -0.25) is 4.99 Å². The number of rotatable bonds is 13. The fourth-order valence-electron chi connectivity index (χ4n) is 2.89.